The fourth-order valence-corrected chi connectivity index (χ4v) is 3.67. The summed E-state index contributed by atoms with van der Waals surface area (Å²) < 4.78 is 0. The van der Waals surface area contributed by atoms with E-state index in [2.05, 4.69) is 60.9 Å². The molecule has 1 N–H and O–H groups in total. The van der Waals surface area contributed by atoms with Gasteiger partial charge in [-0.2, -0.15) is 0 Å². The van der Waals surface area contributed by atoms with Crippen LogP contribution in [0.1, 0.15) is 47.7 Å². The Bertz CT molecular complexity index is 526. The van der Waals surface area contributed by atoms with E-state index < -0.39 is 0 Å². The highest BCUT2D eigenvalue weighted by Gasteiger charge is 2.31. The molecule has 0 spiro atoms. The van der Waals surface area contributed by atoms with Gasteiger partial charge in [0.05, 0.1) is 0 Å². The standard InChI is InChI=1S/C17H21NS/c1-12-5-3-6-14(9-12)15-10-16(11-15)18-13(2)17-7-4-8-19-17/h3-9,13,15-16,18H,10-11H2,1-2H3/t13-,15?,16?/m1/s1. The van der Waals surface area contributed by atoms with Gasteiger partial charge in [0.15, 0.2) is 0 Å². The molecule has 1 saturated carbocycles. The van der Waals surface area contributed by atoms with Crippen LogP contribution in [0, 0.1) is 6.92 Å². The van der Waals surface area contributed by atoms with E-state index in [9.17, 15) is 0 Å². The van der Waals surface area contributed by atoms with E-state index in [0.717, 1.165) is 5.92 Å². The van der Waals surface area contributed by atoms with Crippen molar-refractivity contribution in [3.8, 4) is 0 Å². The number of hydrogen-bond donors (Lipinski definition) is 1. The lowest BCUT2D eigenvalue weighted by Crippen LogP contribution is -2.41. The molecule has 19 heavy (non-hydrogen) atoms. The van der Waals surface area contributed by atoms with E-state index in [1.165, 1.54) is 28.8 Å². The summed E-state index contributed by atoms with van der Waals surface area (Å²) in [5.41, 5.74) is 2.89. The topological polar surface area (TPSA) is 12.0 Å². The number of aryl methyl sites for hydroxylation is 1. The van der Waals surface area contributed by atoms with Crippen LogP contribution in [-0.4, -0.2) is 6.04 Å². The van der Waals surface area contributed by atoms with Crippen LogP contribution in [0.3, 0.4) is 0 Å². The van der Waals surface area contributed by atoms with Crippen molar-refractivity contribution in [1.29, 1.82) is 0 Å². The van der Waals surface area contributed by atoms with Gasteiger partial charge in [-0.25, -0.2) is 0 Å². The third-order valence-corrected chi connectivity index (χ3v) is 5.16. The van der Waals surface area contributed by atoms with Crippen LogP contribution in [0.5, 0.6) is 0 Å². The molecule has 3 rings (SSSR count). The van der Waals surface area contributed by atoms with Crippen LogP contribution >= 0.6 is 11.3 Å². The minimum Gasteiger partial charge on any atom is -0.307 e. The lowest BCUT2D eigenvalue weighted by molar-refractivity contribution is 0.272. The lowest BCUT2D eigenvalue weighted by Gasteiger charge is -2.38. The Balaban J connectivity index is 1.53. The maximum Gasteiger partial charge on any atom is 0.0388 e. The molecule has 1 heterocycles. The third kappa shape index (κ3) is 2.90. The summed E-state index contributed by atoms with van der Waals surface area (Å²) in [7, 11) is 0. The quantitative estimate of drug-likeness (QED) is 0.853. The first-order chi connectivity index (χ1) is 9.22. The molecular weight excluding hydrogens is 250 g/mol. The molecule has 1 aromatic carbocycles. The average Bonchev–Trinajstić information content (AvgIpc) is 2.86. The largest absolute Gasteiger partial charge is 0.307 e. The van der Waals surface area contributed by atoms with Gasteiger partial charge in [0.1, 0.15) is 0 Å². The number of hydrogen-bond acceptors (Lipinski definition) is 2. The number of rotatable bonds is 4. The van der Waals surface area contributed by atoms with Crippen LogP contribution in [0.25, 0.3) is 0 Å². The first-order valence-electron chi connectivity index (χ1n) is 7.08. The summed E-state index contributed by atoms with van der Waals surface area (Å²) >= 11 is 1.84. The second-order valence-electron chi connectivity index (χ2n) is 5.68. The molecule has 1 fully saturated rings. The van der Waals surface area contributed by atoms with Crippen molar-refractivity contribution in [3.05, 3.63) is 57.8 Å². The predicted octanol–water partition coefficient (Wildman–Crippen LogP) is 4.65. The van der Waals surface area contributed by atoms with Gasteiger partial charge >= 0.3 is 0 Å². The Hall–Kier alpha value is -1.12. The predicted molar refractivity (Wildman–Crippen MR) is 82.8 cm³/mol. The maximum absolute atomic E-state index is 3.74. The first-order valence-corrected chi connectivity index (χ1v) is 7.96. The van der Waals surface area contributed by atoms with Gasteiger partial charge in [-0.1, -0.05) is 35.9 Å². The number of benzene rings is 1. The normalized spacial score (nSPS) is 23.9. The van der Waals surface area contributed by atoms with Crippen molar-refractivity contribution in [2.75, 3.05) is 0 Å². The van der Waals surface area contributed by atoms with Crippen LogP contribution in [-0.2, 0) is 0 Å². The molecule has 1 aromatic heterocycles. The molecule has 1 aliphatic carbocycles. The van der Waals surface area contributed by atoms with Gasteiger partial charge in [-0.3, -0.25) is 0 Å². The van der Waals surface area contributed by atoms with Crippen LogP contribution < -0.4 is 5.32 Å². The monoisotopic (exact) mass is 271 g/mol. The summed E-state index contributed by atoms with van der Waals surface area (Å²) in [6, 6.07) is 14.5. The number of nitrogens with one attached hydrogen (secondary N) is 1. The molecule has 1 atom stereocenters. The Morgan fingerprint density at radius 3 is 2.74 bits per heavy atom. The van der Waals surface area contributed by atoms with Gasteiger partial charge < -0.3 is 5.32 Å². The van der Waals surface area contributed by atoms with Crippen LogP contribution in [0.4, 0.5) is 0 Å². The highest BCUT2D eigenvalue weighted by molar-refractivity contribution is 7.10. The molecule has 0 radical (unpaired) electrons. The van der Waals surface area contributed by atoms with Crippen molar-refractivity contribution >= 4 is 11.3 Å². The van der Waals surface area contributed by atoms with Gasteiger partial charge in [0, 0.05) is 17.0 Å². The summed E-state index contributed by atoms with van der Waals surface area (Å²) in [5.74, 6) is 0.757. The molecule has 0 bridgehead atoms. The van der Waals surface area contributed by atoms with E-state index in [1.54, 1.807) is 0 Å². The lowest BCUT2D eigenvalue weighted by atomic mass is 9.75. The Morgan fingerprint density at radius 1 is 1.21 bits per heavy atom. The molecule has 100 valence electrons. The smallest absolute Gasteiger partial charge is 0.0388 e. The van der Waals surface area contributed by atoms with Gasteiger partial charge in [-0.15, -0.1) is 11.3 Å². The first kappa shape index (κ1) is 12.9. The van der Waals surface area contributed by atoms with E-state index in [-0.39, 0.29) is 0 Å². The van der Waals surface area contributed by atoms with E-state index in [0.29, 0.717) is 12.1 Å². The molecular formula is C17H21NS. The second kappa shape index (κ2) is 5.48. The average molecular weight is 271 g/mol. The Morgan fingerprint density at radius 2 is 2.05 bits per heavy atom. The van der Waals surface area contributed by atoms with E-state index >= 15 is 0 Å². The molecule has 0 saturated heterocycles. The molecule has 1 aliphatic rings. The minimum absolute atomic E-state index is 0.489. The Labute approximate surface area is 119 Å². The van der Waals surface area contributed by atoms with E-state index in [1.807, 2.05) is 11.3 Å². The van der Waals surface area contributed by atoms with Gasteiger partial charge in [-0.05, 0) is 49.6 Å². The van der Waals surface area contributed by atoms with Gasteiger partial charge in [0.2, 0.25) is 0 Å². The summed E-state index contributed by atoms with van der Waals surface area (Å²) in [4.78, 5) is 1.44. The summed E-state index contributed by atoms with van der Waals surface area (Å²) in [6.45, 7) is 4.45. The zero-order chi connectivity index (χ0) is 13.2. The second-order valence-corrected chi connectivity index (χ2v) is 6.66. The van der Waals surface area contributed by atoms with Crippen molar-refractivity contribution in [1.82, 2.24) is 5.32 Å². The molecule has 2 heteroatoms. The molecule has 0 unspecified atom stereocenters. The molecule has 0 amide bonds. The molecule has 1 nitrogen and oxygen atoms in total. The zero-order valence-corrected chi connectivity index (χ0v) is 12.4. The van der Waals surface area contributed by atoms with E-state index in [4.69, 9.17) is 0 Å². The third-order valence-electron chi connectivity index (χ3n) is 4.11. The fourth-order valence-electron chi connectivity index (χ4n) is 2.92. The maximum atomic E-state index is 3.74. The van der Waals surface area contributed by atoms with Crippen molar-refractivity contribution < 1.29 is 0 Å². The summed E-state index contributed by atoms with van der Waals surface area (Å²) in [5, 5.41) is 5.90. The minimum atomic E-state index is 0.489. The van der Waals surface area contributed by atoms with Crippen LogP contribution in [0.2, 0.25) is 0 Å². The van der Waals surface area contributed by atoms with Crippen LogP contribution in [0.15, 0.2) is 41.8 Å². The highest BCUT2D eigenvalue weighted by atomic mass is 32.1. The van der Waals surface area contributed by atoms with Crippen molar-refractivity contribution in [2.24, 2.45) is 0 Å². The fraction of sp³-hybridized carbons (Fsp3) is 0.412. The molecule has 0 aliphatic heterocycles. The summed E-state index contributed by atoms with van der Waals surface area (Å²) in [6.07, 6.45) is 2.55. The Kier molecular flexibility index (Phi) is 3.72. The van der Waals surface area contributed by atoms with Crippen molar-refractivity contribution in [3.63, 3.8) is 0 Å². The molecule has 2 aromatic rings. The SMILES string of the molecule is Cc1cccc(C2CC(N[C@H](C)c3cccs3)C2)c1. The zero-order valence-electron chi connectivity index (χ0n) is 11.6. The number of thiophene rings is 1. The highest BCUT2D eigenvalue weighted by Crippen LogP contribution is 2.38. The van der Waals surface area contributed by atoms with Crippen molar-refractivity contribution in [2.45, 2.75) is 44.7 Å². The van der Waals surface area contributed by atoms with Gasteiger partial charge in [0.25, 0.3) is 0 Å².